The summed E-state index contributed by atoms with van der Waals surface area (Å²) in [5.74, 6) is 0. The largest absolute Gasteiger partial charge is 0.392 e. The van der Waals surface area contributed by atoms with E-state index in [1.807, 2.05) is 13.0 Å². The Labute approximate surface area is 75.7 Å². The molecule has 0 fully saturated rings. The van der Waals surface area contributed by atoms with Crippen molar-refractivity contribution in [3.8, 4) is 6.07 Å². The average molecular weight is 218 g/mol. The first-order valence-corrected chi connectivity index (χ1v) is 4.52. The van der Waals surface area contributed by atoms with Crippen molar-refractivity contribution in [1.29, 1.82) is 5.26 Å². The summed E-state index contributed by atoms with van der Waals surface area (Å²) in [5.41, 5.74) is 0. The predicted octanol–water partition coefficient (Wildman–Crippen LogP) is 1.99. The predicted molar refractivity (Wildman–Crippen MR) is 48.4 cm³/mol. The van der Waals surface area contributed by atoms with Gasteiger partial charge in [-0.15, -0.1) is 0 Å². The molecule has 0 radical (unpaired) electrons. The molecule has 11 heavy (non-hydrogen) atoms. The van der Waals surface area contributed by atoms with Gasteiger partial charge in [-0.2, -0.15) is 5.26 Å². The topological polar surface area (TPSA) is 44.0 Å². The van der Waals surface area contributed by atoms with Crippen molar-refractivity contribution in [3.05, 3.63) is 12.2 Å². The van der Waals surface area contributed by atoms with Crippen LogP contribution in [0.15, 0.2) is 12.2 Å². The third kappa shape index (κ3) is 5.00. The Balaban J connectivity index is 3.74. The number of alkyl halides is 1. The third-order valence-electron chi connectivity index (χ3n) is 1.31. The number of hydrogen-bond acceptors (Lipinski definition) is 2. The van der Waals surface area contributed by atoms with Crippen LogP contribution in [-0.4, -0.2) is 16.0 Å². The number of allylic oxidation sites excluding steroid dienone is 1. The van der Waals surface area contributed by atoms with Gasteiger partial charge in [-0.25, -0.2) is 0 Å². The molecule has 0 heterocycles. The van der Waals surface area contributed by atoms with Crippen molar-refractivity contribution in [2.24, 2.45) is 0 Å². The zero-order valence-corrected chi connectivity index (χ0v) is 8.08. The lowest BCUT2D eigenvalue weighted by Gasteiger charge is -2.11. The zero-order valence-electron chi connectivity index (χ0n) is 6.50. The first-order chi connectivity index (χ1) is 5.22. The van der Waals surface area contributed by atoms with Gasteiger partial charge in [0, 0.05) is 6.08 Å². The minimum absolute atomic E-state index is 0.0953. The van der Waals surface area contributed by atoms with Crippen molar-refractivity contribution in [3.63, 3.8) is 0 Å². The summed E-state index contributed by atoms with van der Waals surface area (Å²) >= 11 is 3.26. The van der Waals surface area contributed by atoms with Crippen molar-refractivity contribution in [2.75, 3.05) is 0 Å². The molecular formula is C8H12BrNO. The first-order valence-electron chi connectivity index (χ1n) is 3.60. The highest BCUT2D eigenvalue weighted by Gasteiger charge is 2.10. The van der Waals surface area contributed by atoms with E-state index in [1.54, 1.807) is 6.08 Å². The third-order valence-corrected chi connectivity index (χ3v) is 2.22. The second kappa shape index (κ2) is 6.38. The maximum absolute atomic E-state index is 9.34. The van der Waals surface area contributed by atoms with Crippen LogP contribution in [0.5, 0.6) is 0 Å². The van der Waals surface area contributed by atoms with Gasteiger partial charge in [-0.3, -0.25) is 0 Å². The Bertz CT molecular complexity index is 162. The van der Waals surface area contributed by atoms with Gasteiger partial charge in [0.1, 0.15) is 0 Å². The molecule has 0 aliphatic heterocycles. The average Bonchev–Trinajstić information content (AvgIpc) is 2.00. The van der Waals surface area contributed by atoms with Gasteiger partial charge in [0.05, 0.1) is 17.0 Å². The van der Waals surface area contributed by atoms with E-state index >= 15 is 0 Å². The van der Waals surface area contributed by atoms with Gasteiger partial charge >= 0.3 is 0 Å². The maximum Gasteiger partial charge on any atom is 0.0909 e. The van der Waals surface area contributed by atoms with E-state index in [0.29, 0.717) is 0 Å². The van der Waals surface area contributed by atoms with Crippen LogP contribution in [0.25, 0.3) is 0 Å². The highest BCUT2D eigenvalue weighted by molar-refractivity contribution is 9.09. The van der Waals surface area contributed by atoms with E-state index in [9.17, 15) is 5.11 Å². The molecule has 0 aromatic rings. The van der Waals surface area contributed by atoms with Crippen LogP contribution < -0.4 is 0 Å². The van der Waals surface area contributed by atoms with Gasteiger partial charge in [-0.1, -0.05) is 35.4 Å². The Hall–Kier alpha value is -0.330. The lowest BCUT2D eigenvalue weighted by Crippen LogP contribution is -2.17. The molecule has 2 nitrogen and oxygen atoms in total. The molecule has 0 saturated heterocycles. The Morgan fingerprint density at radius 2 is 2.36 bits per heavy atom. The molecule has 1 N–H and O–H groups in total. The number of rotatable bonds is 4. The molecule has 62 valence electrons. The fourth-order valence-electron chi connectivity index (χ4n) is 0.718. The second-order valence-electron chi connectivity index (χ2n) is 2.29. The monoisotopic (exact) mass is 217 g/mol. The molecule has 2 atom stereocenters. The molecule has 0 aromatic heterocycles. The van der Waals surface area contributed by atoms with Crippen LogP contribution >= 0.6 is 15.9 Å². The first kappa shape index (κ1) is 10.7. The van der Waals surface area contributed by atoms with E-state index in [0.717, 1.165) is 12.8 Å². The summed E-state index contributed by atoms with van der Waals surface area (Å²) in [6.45, 7) is 2.01. The number of hydrogen-bond donors (Lipinski definition) is 1. The Morgan fingerprint density at radius 1 is 1.73 bits per heavy atom. The summed E-state index contributed by atoms with van der Waals surface area (Å²) in [7, 11) is 0. The van der Waals surface area contributed by atoms with Crippen LogP contribution in [0.1, 0.15) is 19.8 Å². The number of aliphatic hydroxyl groups is 1. The van der Waals surface area contributed by atoms with Crippen molar-refractivity contribution in [1.82, 2.24) is 0 Å². The number of nitrogens with zero attached hydrogens (tertiary/aromatic N) is 1. The fraction of sp³-hybridized carbons (Fsp3) is 0.625. The number of nitriles is 1. The summed E-state index contributed by atoms with van der Waals surface area (Å²) in [4.78, 5) is -0.0953. The van der Waals surface area contributed by atoms with Crippen LogP contribution in [0.2, 0.25) is 0 Å². The van der Waals surface area contributed by atoms with Gasteiger partial charge in [0.2, 0.25) is 0 Å². The summed E-state index contributed by atoms with van der Waals surface area (Å²) in [6, 6.07) is 1.87. The minimum Gasteiger partial charge on any atom is -0.392 e. The molecule has 0 aliphatic carbocycles. The highest BCUT2D eigenvalue weighted by Crippen LogP contribution is 2.11. The van der Waals surface area contributed by atoms with Crippen molar-refractivity contribution >= 4 is 15.9 Å². The number of halogens is 1. The van der Waals surface area contributed by atoms with Gasteiger partial charge in [-0.05, 0) is 6.42 Å². The molecule has 0 amide bonds. The molecule has 0 unspecified atom stereocenters. The normalized spacial score (nSPS) is 16.2. The van der Waals surface area contributed by atoms with E-state index < -0.39 is 0 Å². The van der Waals surface area contributed by atoms with Crippen molar-refractivity contribution in [2.45, 2.75) is 30.7 Å². The molecule has 3 heteroatoms. The van der Waals surface area contributed by atoms with E-state index in [4.69, 9.17) is 5.26 Å². The minimum atomic E-state index is -0.385. The Morgan fingerprint density at radius 3 is 2.82 bits per heavy atom. The van der Waals surface area contributed by atoms with Gasteiger partial charge in [0.15, 0.2) is 0 Å². The summed E-state index contributed by atoms with van der Waals surface area (Å²) in [6.07, 6.45) is 4.35. The zero-order chi connectivity index (χ0) is 8.69. The summed E-state index contributed by atoms with van der Waals surface area (Å²) < 4.78 is 0. The molecule has 0 aromatic carbocycles. The lowest BCUT2D eigenvalue weighted by molar-refractivity contribution is 0.173. The molecule has 0 rings (SSSR count). The standard InChI is InChI=1S/C8H12BrNO/c1-2-4-8(11)7(9)5-3-6-10/h3,5,7-8,11H,2,4H2,1H3/b5-3+/t7-,8+/m0/s1. The second-order valence-corrected chi connectivity index (χ2v) is 3.35. The van der Waals surface area contributed by atoms with Crippen LogP contribution in [0.4, 0.5) is 0 Å². The van der Waals surface area contributed by atoms with Crippen LogP contribution in [0, 0.1) is 11.3 Å². The quantitative estimate of drug-likeness (QED) is 0.579. The smallest absolute Gasteiger partial charge is 0.0909 e. The molecule has 0 aliphatic rings. The molecule has 0 spiro atoms. The lowest BCUT2D eigenvalue weighted by atomic mass is 10.1. The van der Waals surface area contributed by atoms with Crippen LogP contribution in [0.3, 0.4) is 0 Å². The molecule has 0 bridgehead atoms. The molecule has 0 saturated carbocycles. The van der Waals surface area contributed by atoms with E-state index in [2.05, 4.69) is 15.9 Å². The Kier molecular flexibility index (Phi) is 6.19. The van der Waals surface area contributed by atoms with Gasteiger partial charge < -0.3 is 5.11 Å². The number of aliphatic hydroxyl groups excluding tert-OH is 1. The summed E-state index contributed by atoms with van der Waals surface area (Å²) in [5, 5.41) is 17.5. The maximum atomic E-state index is 9.34. The fourth-order valence-corrected chi connectivity index (χ4v) is 1.14. The SMILES string of the molecule is CCC[C@@H](O)[C@@H](Br)/C=C/C#N. The highest BCUT2D eigenvalue weighted by atomic mass is 79.9. The van der Waals surface area contributed by atoms with Gasteiger partial charge in [0.25, 0.3) is 0 Å². The van der Waals surface area contributed by atoms with Crippen molar-refractivity contribution < 1.29 is 5.11 Å². The van der Waals surface area contributed by atoms with E-state index in [1.165, 1.54) is 6.08 Å². The van der Waals surface area contributed by atoms with E-state index in [-0.39, 0.29) is 10.9 Å². The molecular weight excluding hydrogens is 206 g/mol. The van der Waals surface area contributed by atoms with Crippen LogP contribution in [-0.2, 0) is 0 Å².